The Hall–Kier alpha value is -2.91. The molecule has 0 bridgehead atoms. The zero-order chi connectivity index (χ0) is 24.9. The smallest absolute Gasteiger partial charge is 0.335 e. The Morgan fingerprint density at radius 1 is 1.09 bits per heavy atom. The Balaban J connectivity index is 1.45. The maximum Gasteiger partial charge on any atom is 0.335 e. The molecule has 0 unspecified atom stereocenters. The van der Waals surface area contributed by atoms with Crippen molar-refractivity contribution in [2.45, 2.75) is 39.2 Å². The van der Waals surface area contributed by atoms with Gasteiger partial charge >= 0.3 is 5.69 Å². The summed E-state index contributed by atoms with van der Waals surface area (Å²) in [7, 11) is 1.52. The number of anilines is 1. The summed E-state index contributed by atoms with van der Waals surface area (Å²) in [6.45, 7) is 9.28. The molecule has 1 aromatic carbocycles. The van der Waals surface area contributed by atoms with E-state index in [1.54, 1.807) is 4.57 Å². The summed E-state index contributed by atoms with van der Waals surface area (Å²) in [6, 6.07) is 9.49. The lowest BCUT2D eigenvalue weighted by molar-refractivity contribution is -0.126. The van der Waals surface area contributed by atoms with Crippen molar-refractivity contribution in [1.82, 2.24) is 19.4 Å². The second kappa shape index (κ2) is 11.2. The molecule has 0 saturated carbocycles. The van der Waals surface area contributed by atoms with E-state index in [1.165, 1.54) is 11.6 Å². The number of amides is 1. The Morgan fingerprint density at radius 3 is 2.37 bits per heavy atom. The summed E-state index contributed by atoms with van der Waals surface area (Å²) in [5, 5.41) is 3.26. The molecule has 1 atom stereocenters. The lowest BCUT2D eigenvalue weighted by Gasteiger charge is -2.35. The number of aromatic nitrogens is 2. The van der Waals surface area contributed by atoms with Crippen LogP contribution in [0.5, 0.6) is 0 Å². The quantitative estimate of drug-likeness (QED) is 0.639. The molecule has 9 nitrogen and oxygen atoms in total. The second-order valence-electron chi connectivity index (χ2n) is 9.54. The monoisotopic (exact) mass is 483 g/mol. The van der Waals surface area contributed by atoms with Crippen LogP contribution >= 0.6 is 0 Å². The molecular weight excluding hydrogens is 446 g/mol. The van der Waals surface area contributed by atoms with Crippen LogP contribution in [0.3, 0.4) is 0 Å². The summed E-state index contributed by atoms with van der Waals surface area (Å²) in [5.41, 5.74) is 1.24. The predicted octanol–water partition coefficient (Wildman–Crippen LogP) is 1.29. The van der Waals surface area contributed by atoms with Crippen LogP contribution in [0, 0.1) is 12.8 Å². The van der Waals surface area contributed by atoms with E-state index in [9.17, 15) is 14.4 Å². The van der Waals surface area contributed by atoms with Gasteiger partial charge in [0, 0.05) is 51.7 Å². The zero-order valence-electron chi connectivity index (χ0n) is 21.0. The van der Waals surface area contributed by atoms with Crippen molar-refractivity contribution < 1.29 is 9.53 Å². The van der Waals surface area contributed by atoms with E-state index in [-0.39, 0.29) is 29.1 Å². The number of hydrogen-bond donors (Lipinski definition) is 1. The SMILES string of the molecule is CC[C@H](CN1CCOCC1)NC(=O)C1CCN(c2c(C)n(-c3ccccc3)c(=O)n(C)c2=O)CC1. The minimum Gasteiger partial charge on any atom is -0.379 e. The van der Waals surface area contributed by atoms with E-state index in [4.69, 9.17) is 4.74 Å². The molecule has 0 spiro atoms. The fraction of sp³-hybridized carbons (Fsp3) is 0.577. The van der Waals surface area contributed by atoms with Crippen molar-refractivity contribution in [3.8, 4) is 5.69 Å². The van der Waals surface area contributed by atoms with Gasteiger partial charge in [0.25, 0.3) is 5.56 Å². The summed E-state index contributed by atoms with van der Waals surface area (Å²) in [5.74, 6) is 0.0258. The average Bonchev–Trinajstić information content (AvgIpc) is 2.89. The number of morpholine rings is 1. The average molecular weight is 484 g/mol. The first kappa shape index (κ1) is 25.2. The molecule has 1 N–H and O–H groups in total. The van der Waals surface area contributed by atoms with E-state index in [2.05, 4.69) is 17.1 Å². The highest BCUT2D eigenvalue weighted by molar-refractivity contribution is 5.79. The number of benzene rings is 1. The molecule has 4 rings (SSSR count). The second-order valence-corrected chi connectivity index (χ2v) is 9.54. The number of carbonyl (C=O) groups excluding carboxylic acids is 1. The number of para-hydroxylation sites is 1. The number of hydrogen-bond acceptors (Lipinski definition) is 6. The fourth-order valence-corrected chi connectivity index (χ4v) is 5.10. The molecule has 190 valence electrons. The van der Waals surface area contributed by atoms with Gasteiger partial charge in [-0.3, -0.25) is 23.6 Å². The van der Waals surface area contributed by atoms with Crippen LogP contribution < -0.4 is 21.5 Å². The highest BCUT2D eigenvalue weighted by Gasteiger charge is 2.30. The van der Waals surface area contributed by atoms with Crippen LogP contribution in [0.25, 0.3) is 5.69 Å². The van der Waals surface area contributed by atoms with E-state index >= 15 is 0 Å². The molecular formula is C26H37N5O4. The van der Waals surface area contributed by atoms with Gasteiger partial charge in [-0.05, 0) is 38.3 Å². The Labute approximate surface area is 206 Å². The first-order valence-electron chi connectivity index (χ1n) is 12.6. The number of nitrogens with zero attached hydrogens (tertiary/aromatic N) is 4. The van der Waals surface area contributed by atoms with Gasteiger partial charge in [-0.1, -0.05) is 25.1 Å². The van der Waals surface area contributed by atoms with Crippen molar-refractivity contribution in [2.24, 2.45) is 13.0 Å². The fourth-order valence-electron chi connectivity index (χ4n) is 5.10. The van der Waals surface area contributed by atoms with Crippen molar-refractivity contribution in [3.05, 3.63) is 56.9 Å². The maximum atomic E-state index is 13.1. The minimum atomic E-state index is -0.359. The summed E-state index contributed by atoms with van der Waals surface area (Å²) in [4.78, 5) is 43.4. The van der Waals surface area contributed by atoms with Crippen molar-refractivity contribution in [3.63, 3.8) is 0 Å². The minimum absolute atomic E-state index is 0.0748. The van der Waals surface area contributed by atoms with Crippen LogP contribution in [0.2, 0.25) is 0 Å². The van der Waals surface area contributed by atoms with Crippen LogP contribution in [0.15, 0.2) is 39.9 Å². The molecule has 9 heteroatoms. The van der Waals surface area contributed by atoms with Crippen molar-refractivity contribution in [1.29, 1.82) is 0 Å². The molecule has 2 saturated heterocycles. The van der Waals surface area contributed by atoms with E-state index < -0.39 is 0 Å². The third-order valence-electron chi connectivity index (χ3n) is 7.28. The molecule has 2 aliphatic rings. The van der Waals surface area contributed by atoms with Crippen LogP contribution in [0.4, 0.5) is 5.69 Å². The van der Waals surface area contributed by atoms with E-state index in [1.807, 2.05) is 42.2 Å². The van der Waals surface area contributed by atoms with Gasteiger partial charge in [-0.15, -0.1) is 0 Å². The molecule has 0 aliphatic carbocycles. The lowest BCUT2D eigenvalue weighted by atomic mass is 9.95. The van der Waals surface area contributed by atoms with Gasteiger partial charge in [0.15, 0.2) is 0 Å². The summed E-state index contributed by atoms with van der Waals surface area (Å²) < 4.78 is 8.19. The standard InChI is InChI=1S/C26H37N5O4/c1-4-21(18-29-14-16-35-17-15-29)27-24(32)20-10-12-30(13-11-20)23-19(2)31(22-8-6-5-7-9-22)26(34)28(3)25(23)33/h5-9,20-21H,4,10-18H2,1-3H3,(H,27,32)/t21-/m1/s1. The third-order valence-corrected chi connectivity index (χ3v) is 7.28. The summed E-state index contributed by atoms with van der Waals surface area (Å²) >= 11 is 0. The topological polar surface area (TPSA) is 88.8 Å². The lowest BCUT2D eigenvalue weighted by Crippen LogP contribution is -2.50. The van der Waals surface area contributed by atoms with Crippen LogP contribution in [-0.2, 0) is 16.6 Å². The number of rotatable bonds is 7. The number of ether oxygens (including phenoxy) is 1. The highest BCUT2D eigenvalue weighted by Crippen LogP contribution is 2.24. The van der Waals surface area contributed by atoms with Crippen LogP contribution in [-0.4, -0.2) is 71.9 Å². The highest BCUT2D eigenvalue weighted by atomic mass is 16.5. The molecule has 2 fully saturated rings. The molecule has 35 heavy (non-hydrogen) atoms. The molecule has 1 aromatic heterocycles. The maximum absolute atomic E-state index is 13.1. The van der Waals surface area contributed by atoms with Gasteiger partial charge in [0.2, 0.25) is 5.91 Å². The van der Waals surface area contributed by atoms with Crippen LogP contribution in [0.1, 0.15) is 31.9 Å². The van der Waals surface area contributed by atoms with Gasteiger partial charge in [0.05, 0.1) is 24.6 Å². The van der Waals surface area contributed by atoms with Gasteiger partial charge in [0.1, 0.15) is 5.69 Å². The Morgan fingerprint density at radius 2 is 1.74 bits per heavy atom. The number of piperidine rings is 1. The summed E-state index contributed by atoms with van der Waals surface area (Å²) in [6.07, 6.45) is 2.23. The van der Waals surface area contributed by atoms with E-state index in [0.29, 0.717) is 37.3 Å². The van der Waals surface area contributed by atoms with E-state index in [0.717, 1.165) is 45.0 Å². The van der Waals surface area contributed by atoms with Gasteiger partial charge in [-0.2, -0.15) is 0 Å². The zero-order valence-corrected chi connectivity index (χ0v) is 21.0. The predicted molar refractivity (Wildman–Crippen MR) is 136 cm³/mol. The van der Waals surface area contributed by atoms with Crippen molar-refractivity contribution >= 4 is 11.6 Å². The molecule has 3 heterocycles. The Bertz CT molecular complexity index is 1130. The molecule has 2 aromatic rings. The van der Waals surface area contributed by atoms with Gasteiger partial charge < -0.3 is 15.0 Å². The third kappa shape index (κ3) is 5.51. The normalized spacial score (nSPS) is 18.4. The first-order chi connectivity index (χ1) is 16.9. The number of nitrogens with one attached hydrogen (secondary N) is 1. The Kier molecular flexibility index (Phi) is 8.07. The number of carbonyl (C=O) groups is 1. The van der Waals surface area contributed by atoms with Gasteiger partial charge in [-0.25, -0.2) is 4.79 Å². The van der Waals surface area contributed by atoms with Crippen molar-refractivity contribution in [2.75, 3.05) is 50.8 Å². The molecule has 0 radical (unpaired) electrons. The first-order valence-corrected chi connectivity index (χ1v) is 12.6. The molecule has 2 aliphatic heterocycles. The largest absolute Gasteiger partial charge is 0.379 e. The molecule has 1 amide bonds.